The van der Waals surface area contributed by atoms with Gasteiger partial charge >= 0.3 is 0 Å². The maximum atomic E-state index is 5.91. The van der Waals surface area contributed by atoms with Crippen molar-refractivity contribution in [2.45, 2.75) is 0 Å². The van der Waals surface area contributed by atoms with Gasteiger partial charge in [0, 0.05) is 22.8 Å². The van der Waals surface area contributed by atoms with Crippen LogP contribution in [0.5, 0.6) is 17.4 Å². The molecule has 0 saturated heterocycles. The summed E-state index contributed by atoms with van der Waals surface area (Å²) in [6.07, 6.45) is 0. The summed E-state index contributed by atoms with van der Waals surface area (Å²) < 4.78 is 11.3. The van der Waals surface area contributed by atoms with Crippen LogP contribution in [-0.4, -0.2) is 12.1 Å². The van der Waals surface area contributed by atoms with E-state index < -0.39 is 0 Å². The highest BCUT2D eigenvalue weighted by molar-refractivity contribution is 9.10. The lowest BCUT2D eigenvalue weighted by molar-refractivity contribution is 0.394. The number of rotatable bonds is 3. The van der Waals surface area contributed by atoms with Crippen molar-refractivity contribution < 1.29 is 9.47 Å². The lowest BCUT2D eigenvalue weighted by Crippen LogP contribution is -1.99. The van der Waals surface area contributed by atoms with Crippen molar-refractivity contribution in [2.75, 3.05) is 18.6 Å². The first-order valence-electron chi connectivity index (χ1n) is 5.23. The fourth-order valence-electron chi connectivity index (χ4n) is 1.49. The number of nitrogen functional groups attached to an aromatic ring is 2. The number of pyridine rings is 1. The van der Waals surface area contributed by atoms with E-state index in [9.17, 15) is 0 Å². The molecule has 0 aliphatic carbocycles. The van der Waals surface area contributed by atoms with Crippen LogP contribution in [0.4, 0.5) is 11.4 Å². The molecule has 1 aromatic heterocycles. The van der Waals surface area contributed by atoms with Crippen LogP contribution in [-0.2, 0) is 0 Å². The number of anilines is 2. The van der Waals surface area contributed by atoms with Crippen LogP contribution in [0.1, 0.15) is 0 Å². The molecule has 2 rings (SSSR count). The van der Waals surface area contributed by atoms with Gasteiger partial charge in [0.15, 0.2) is 5.75 Å². The molecular weight excluding hydrogens is 334 g/mol. The maximum Gasteiger partial charge on any atom is 0.241 e. The van der Waals surface area contributed by atoms with Crippen LogP contribution in [0.25, 0.3) is 0 Å². The molecule has 0 fully saturated rings. The van der Waals surface area contributed by atoms with Gasteiger partial charge in [-0.15, -0.1) is 0 Å². The summed E-state index contributed by atoms with van der Waals surface area (Å²) in [5.41, 5.74) is 12.4. The summed E-state index contributed by atoms with van der Waals surface area (Å²) in [4.78, 5) is 4.07. The molecule has 2 aromatic rings. The number of nitrogens with zero attached hydrogens (tertiary/aromatic N) is 1. The molecule has 0 aliphatic rings. The van der Waals surface area contributed by atoms with E-state index in [2.05, 4.69) is 20.9 Å². The molecule has 0 spiro atoms. The second-order valence-corrected chi connectivity index (χ2v) is 4.94. The molecule has 5 nitrogen and oxygen atoms in total. The van der Waals surface area contributed by atoms with E-state index in [0.29, 0.717) is 32.5 Å². The molecule has 4 N–H and O–H groups in total. The average Bonchev–Trinajstić information content (AvgIpc) is 2.32. The number of hydrogen-bond donors (Lipinski definition) is 2. The normalized spacial score (nSPS) is 10.3. The van der Waals surface area contributed by atoms with Gasteiger partial charge in [-0.25, -0.2) is 4.98 Å². The lowest BCUT2D eigenvalue weighted by Gasteiger charge is -2.12. The topological polar surface area (TPSA) is 83.4 Å². The Labute approximate surface area is 123 Å². The zero-order chi connectivity index (χ0) is 14.0. The van der Waals surface area contributed by atoms with E-state index in [1.54, 1.807) is 24.3 Å². The van der Waals surface area contributed by atoms with E-state index in [0.717, 1.165) is 0 Å². The molecular formula is C12H11BrClN3O2. The molecule has 100 valence electrons. The zero-order valence-electron chi connectivity index (χ0n) is 9.98. The molecule has 0 bridgehead atoms. The number of halogens is 2. The van der Waals surface area contributed by atoms with Gasteiger partial charge in [-0.1, -0.05) is 11.6 Å². The SMILES string of the molecule is COc1nc(Br)cc(Oc2cc(N)cc(Cl)c2)c1N. The number of ether oxygens (including phenoxy) is 2. The summed E-state index contributed by atoms with van der Waals surface area (Å²) in [5, 5.41) is 0.480. The van der Waals surface area contributed by atoms with E-state index in [4.69, 9.17) is 32.5 Å². The molecule has 1 aromatic carbocycles. The van der Waals surface area contributed by atoms with Gasteiger partial charge in [0.2, 0.25) is 5.88 Å². The minimum atomic E-state index is 0.277. The Bertz CT molecular complexity index is 602. The lowest BCUT2D eigenvalue weighted by atomic mass is 10.3. The largest absolute Gasteiger partial charge is 0.479 e. The molecule has 7 heteroatoms. The summed E-state index contributed by atoms with van der Waals surface area (Å²) in [6, 6.07) is 6.54. The van der Waals surface area contributed by atoms with Crippen LogP contribution in [0.2, 0.25) is 5.02 Å². The van der Waals surface area contributed by atoms with Crippen molar-refractivity contribution in [2.24, 2.45) is 0 Å². The Kier molecular flexibility index (Phi) is 4.01. The first-order chi connectivity index (χ1) is 8.99. The minimum Gasteiger partial charge on any atom is -0.479 e. The van der Waals surface area contributed by atoms with Gasteiger partial charge < -0.3 is 20.9 Å². The fourth-order valence-corrected chi connectivity index (χ4v) is 2.09. The van der Waals surface area contributed by atoms with Crippen LogP contribution < -0.4 is 20.9 Å². The summed E-state index contributed by atoms with van der Waals surface area (Å²) in [7, 11) is 1.48. The van der Waals surface area contributed by atoms with Crippen molar-refractivity contribution in [1.29, 1.82) is 0 Å². The fraction of sp³-hybridized carbons (Fsp3) is 0.0833. The highest BCUT2D eigenvalue weighted by Gasteiger charge is 2.12. The molecule has 19 heavy (non-hydrogen) atoms. The third-order valence-electron chi connectivity index (χ3n) is 2.27. The van der Waals surface area contributed by atoms with Crippen molar-refractivity contribution in [3.63, 3.8) is 0 Å². The molecule has 1 heterocycles. The number of aromatic nitrogens is 1. The van der Waals surface area contributed by atoms with Crippen molar-refractivity contribution in [1.82, 2.24) is 4.98 Å². The highest BCUT2D eigenvalue weighted by atomic mass is 79.9. The Hall–Kier alpha value is -1.66. The van der Waals surface area contributed by atoms with E-state index >= 15 is 0 Å². The van der Waals surface area contributed by atoms with E-state index in [1.165, 1.54) is 7.11 Å². The maximum absolute atomic E-state index is 5.91. The monoisotopic (exact) mass is 343 g/mol. The van der Waals surface area contributed by atoms with Gasteiger partial charge in [-0.3, -0.25) is 0 Å². The van der Waals surface area contributed by atoms with Crippen LogP contribution >= 0.6 is 27.5 Å². The molecule has 0 radical (unpaired) electrons. The van der Waals surface area contributed by atoms with E-state index in [1.807, 2.05) is 0 Å². The summed E-state index contributed by atoms with van der Waals surface area (Å²) in [5.74, 6) is 1.16. The van der Waals surface area contributed by atoms with E-state index in [-0.39, 0.29) is 5.88 Å². The molecule has 0 amide bonds. The number of benzene rings is 1. The van der Waals surface area contributed by atoms with Crippen LogP contribution in [0, 0.1) is 0 Å². The second kappa shape index (κ2) is 5.54. The Morgan fingerprint density at radius 3 is 2.58 bits per heavy atom. The van der Waals surface area contributed by atoms with Crippen molar-refractivity contribution >= 4 is 38.9 Å². The predicted molar refractivity (Wildman–Crippen MR) is 78.8 cm³/mol. The summed E-state index contributed by atoms with van der Waals surface area (Å²) in [6.45, 7) is 0. The highest BCUT2D eigenvalue weighted by Crippen LogP contribution is 2.36. The molecule has 0 aliphatic heterocycles. The van der Waals surface area contributed by atoms with Gasteiger partial charge in [-0.05, 0) is 28.1 Å². The quantitative estimate of drug-likeness (QED) is 0.658. The van der Waals surface area contributed by atoms with Gasteiger partial charge in [-0.2, -0.15) is 0 Å². The Morgan fingerprint density at radius 1 is 1.21 bits per heavy atom. The second-order valence-electron chi connectivity index (χ2n) is 3.69. The predicted octanol–water partition coefficient (Wildman–Crippen LogP) is 3.46. The Balaban J connectivity index is 2.40. The van der Waals surface area contributed by atoms with Crippen LogP contribution in [0.3, 0.4) is 0 Å². The number of methoxy groups -OCH3 is 1. The first-order valence-corrected chi connectivity index (χ1v) is 6.40. The first kappa shape index (κ1) is 13.8. The van der Waals surface area contributed by atoms with Crippen LogP contribution in [0.15, 0.2) is 28.9 Å². The minimum absolute atomic E-state index is 0.277. The molecule has 0 atom stereocenters. The zero-order valence-corrected chi connectivity index (χ0v) is 12.3. The third-order valence-corrected chi connectivity index (χ3v) is 2.89. The summed E-state index contributed by atoms with van der Waals surface area (Å²) >= 11 is 9.16. The smallest absolute Gasteiger partial charge is 0.241 e. The molecule has 0 saturated carbocycles. The van der Waals surface area contributed by atoms with Crippen molar-refractivity contribution in [3.8, 4) is 17.4 Å². The molecule has 0 unspecified atom stereocenters. The van der Waals surface area contributed by atoms with Gasteiger partial charge in [0.1, 0.15) is 16.0 Å². The van der Waals surface area contributed by atoms with Gasteiger partial charge in [0.05, 0.1) is 7.11 Å². The number of nitrogens with two attached hydrogens (primary N) is 2. The van der Waals surface area contributed by atoms with Crippen molar-refractivity contribution in [3.05, 3.63) is 33.9 Å². The Morgan fingerprint density at radius 2 is 1.95 bits per heavy atom. The van der Waals surface area contributed by atoms with Gasteiger partial charge in [0.25, 0.3) is 0 Å². The number of hydrogen-bond acceptors (Lipinski definition) is 5. The third kappa shape index (κ3) is 3.21. The standard InChI is InChI=1S/C12H11BrClN3O2/c1-18-12-11(16)9(5-10(13)17-12)19-8-3-6(14)2-7(15)4-8/h2-5H,15-16H2,1H3. The average molecular weight is 345 g/mol.